The van der Waals surface area contributed by atoms with E-state index in [-0.39, 0.29) is 9.79 Å². The Kier molecular flexibility index (Phi) is 4.96. The van der Waals surface area contributed by atoms with Gasteiger partial charge in [-0.2, -0.15) is 4.31 Å². The van der Waals surface area contributed by atoms with Crippen LogP contribution in [0, 0.1) is 0 Å². The first-order chi connectivity index (χ1) is 12.1. The molecule has 140 valence electrons. The van der Waals surface area contributed by atoms with Gasteiger partial charge in [0.15, 0.2) is 0 Å². The predicted octanol–water partition coefficient (Wildman–Crippen LogP) is 2.20. The molecule has 3 rings (SSSR count). The Labute approximate surface area is 154 Å². The fourth-order valence-corrected chi connectivity index (χ4v) is 5.15. The van der Waals surface area contributed by atoms with Crippen LogP contribution >= 0.6 is 0 Å². The van der Waals surface area contributed by atoms with E-state index in [1.54, 1.807) is 31.2 Å². The van der Waals surface area contributed by atoms with E-state index in [1.165, 1.54) is 29.0 Å². The van der Waals surface area contributed by atoms with Gasteiger partial charge in [-0.3, -0.25) is 0 Å². The van der Waals surface area contributed by atoms with Crippen molar-refractivity contribution in [2.24, 2.45) is 5.14 Å². The first-order valence-corrected chi connectivity index (χ1v) is 11.3. The minimum Gasteiger partial charge on any atom is -0.225 e. The molecular formula is C18H22N2O4S2. The molecule has 0 radical (unpaired) electrons. The van der Waals surface area contributed by atoms with Gasteiger partial charge < -0.3 is 0 Å². The van der Waals surface area contributed by atoms with E-state index >= 15 is 0 Å². The van der Waals surface area contributed by atoms with Crippen LogP contribution < -0.4 is 5.14 Å². The quantitative estimate of drug-likeness (QED) is 0.841. The number of nitrogens with two attached hydrogens (primary N) is 1. The Morgan fingerprint density at radius 1 is 0.923 bits per heavy atom. The molecule has 0 bridgehead atoms. The summed E-state index contributed by atoms with van der Waals surface area (Å²) in [5, 5.41) is 5.10. The van der Waals surface area contributed by atoms with Gasteiger partial charge in [-0.15, -0.1) is 0 Å². The van der Waals surface area contributed by atoms with Gasteiger partial charge in [0, 0.05) is 13.1 Å². The first-order valence-electron chi connectivity index (χ1n) is 8.33. The van der Waals surface area contributed by atoms with Crippen molar-refractivity contribution in [2.45, 2.75) is 42.0 Å². The van der Waals surface area contributed by atoms with E-state index in [2.05, 4.69) is 0 Å². The van der Waals surface area contributed by atoms with Gasteiger partial charge in [0.2, 0.25) is 20.0 Å². The Morgan fingerprint density at radius 2 is 1.50 bits per heavy atom. The Balaban J connectivity index is 1.88. The lowest BCUT2D eigenvalue weighted by Crippen LogP contribution is -2.30. The summed E-state index contributed by atoms with van der Waals surface area (Å²) in [6.07, 6.45) is 2.97. The van der Waals surface area contributed by atoms with Crippen LogP contribution in [0.1, 0.15) is 36.1 Å². The molecule has 0 aromatic heterocycles. The fourth-order valence-electron chi connectivity index (χ4n) is 3.23. The Hall–Kier alpha value is -1.74. The number of primary sulfonamides is 1. The summed E-state index contributed by atoms with van der Waals surface area (Å²) in [5.41, 5.74) is 3.01. The van der Waals surface area contributed by atoms with Crippen molar-refractivity contribution in [2.75, 3.05) is 7.05 Å². The van der Waals surface area contributed by atoms with Gasteiger partial charge in [-0.25, -0.2) is 22.0 Å². The highest BCUT2D eigenvalue weighted by molar-refractivity contribution is 7.89. The van der Waals surface area contributed by atoms with Crippen LogP contribution in [-0.4, -0.2) is 28.2 Å². The molecule has 2 aromatic rings. The zero-order valence-corrected chi connectivity index (χ0v) is 16.3. The topological polar surface area (TPSA) is 97.5 Å². The molecule has 6 nitrogen and oxygen atoms in total. The molecule has 1 aliphatic carbocycles. The highest BCUT2D eigenvalue weighted by atomic mass is 32.2. The van der Waals surface area contributed by atoms with Crippen LogP contribution in [0.3, 0.4) is 0 Å². The van der Waals surface area contributed by atoms with Crippen LogP contribution in [0.15, 0.2) is 52.3 Å². The molecule has 0 saturated carbocycles. The molecule has 0 heterocycles. The SMILES string of the molecule is CC(c1ccc(S(N)(=O)=O)cc1)N(C)S(=O)(=O)c1ccc2c(c1)CCC2. The van der Waals surface area contributed by atoms with Crippen molar-refractivity contribution in [1.82, 2.24) is 4.31 Å². The lowest BCUT2D eigenvalue weighted by atomic mass is 10.1. The molecule has 0 amide bonds. The molecule has 0 saturated heterocycles. The Bertz CT molecular complexity index is 1030. The van der Waals surface area contributed by atoms with Crippen LogP contribution in [-0.2, 0) is 32.9 Å². The van der Waals surface area contributed by atoms with Crippen molar-refractivity contribution < 1.29 is 16.8 Å². The van der Waals surface area contributed by atoms with Gasteiger partial charge >= 0.3 is 0 Å². The first kappa shape index (κ1) is 19.0. The van der Waals surface area contributed by atoms with Crippen LogP contribution in [0.5, 0.6) is 0 Å². The molecule has 1 unspecified atom stereocenters. The number of benzene rings is 2. The summed E-state index contributed by atoms with van der Waals surface area (Å²) in [5.74, 6) is 0. The van der Waals surface area contributed by atoms with E-state index in [0.29, 0.717) is 5.56 Å². The monoisotopic (exact) mass is 394 g/mol. The van der Waals surface area contributed by atoms with Gasteiger partial charge in [0.05, 0.1) is 9.79 Å². The Morgan fingerprint density at radius 3 is 2.12 bits per heavy atom. The summed E-state index contributed by atoms with van der Waals surface area (Å²) in [4.78, 5) is 0.284. The second-order valence-corrected chi connectivity index (χ2v) is 10.2. The average Bonchev–Trinajstić information content (AvgIpc) is 3.07. The second kappa shape index (κ2) is 6.77. The number of hydrogen-bond acceptors (Lipinski definition) is 4. The summed E-state index contributed by atoms with van der Waals surface area (Å²) in [7, 11) is -5.90. The van der Waals surface area contributed by atoms with Crippen LogP contribution in [0.2, 0.25) is 0 Å². The van der Waals surface area contributed by atoms with Crippen LogP contribution in [0.25, 0.3) is 0 Å². The third-order valence-corrected chi connectivity index (χ3v) is 7.84. The maximum atomic E-state index is 13.0. The van der Waals surface area contributed by atoms with E-state index in [0.717, 1.165) is 24.8 Å². The summed E-state index contributed by atoms with van der Waals surface area (Å²) < 4.78 is 50.0. The van der Waals surface area contributed by atoms with Gasteiger partial charge in [0.25, 0.3) is 0 Å². The number of nitrogens with zero attached hydrogens (tertiary/aromatic N) is 1. The zero-order chi connectivity index (χ0) is 19.1. The molecule has 1 aliphatic rings. The number of fused-ring (bicyclic) bond motifs is 1. The highest BCUT2D eigenvalue weighted by Gasteiger charge is 2.27. The predicted molar refractivity (Wildman–Crippen MR) is 99.6 cm³/mol. The number of aryl methyl sites for hydroxylation is 2. The lowest BCUT2D eigenvalue weighted by Gasteiger charge is -2.25. The van der Waals surface area contributed by atoms with E-state index in [1.807, 2.05) is 6.07 Å². The molecule has 0 fully saturated rings. The van der Waals surface area contributed by atoms with Crippen molar-refractivity contribution in [3.8, 4) is 0 Å². The summed E-state index contributed by atoms with van der Waals surface area (Å²) in [6.45, 7) is 1.76. The van der Waals surface area contributed by atoms with Crippen LogP contribution in [0.4, 0.5) is 0 Å². The third-order valence-electron chi connectivity index (χ3n) is 4.98. The summed E-state index contributed by atoms with van der Waals surface area (Å²) in [6, 6.07) is 10.8. The van der Waals surface area contributed by atoms with E-state index in [4.69, 9.17) is 5.14 Å². The molecule has 0 spiro atoms. The number of sulfonamides is 2. The van der Waals surface area contributed by atoms with E-state index < -0.39 is 26.1 Å². The highest BCUT2D eigenvalue weighted by Crippen LogP contribution is 2.29. The normalized spacial score (nSPS) is 15.8. The number of rotatable bonds is 5. The van der Waals surface area contributed by atoms with Crippen molar-refractivity contribution in [3.63, 3.8) is 0 Å². The standard InChI is InChI=1S/C18H22N2O4S2/c1-13(14-6-9-17(10-7-14)25(19,21)22)20(2)26(23,24)18-11-8-15-4-3-5-16(15)12-18/h6-13H,3-5H2,1-2H3,(H2,19,21,22). The molecule has 2 aromatic carbocycles. The van der Waals surface area contributed by atoms with Gasteiger partial charge in [0.1, 0.15) is 0 Å². The fraction of sp³-hybridized carbons (Fsp3) is 0.333. The molecule has 26 heavy (non-hydrogen) atoms. The molecule has 2 N–H and O–H groups in total. The van der Waals surface area contributed by atoms with Gasteiger partial charge in [-0.05, 0) is 67.1 Å². The van der Waals surface area contributed by atoms with Crippen molar-refractivity contribution >= 4 is 20.0 Å². The maximum absolute atomic E-state index is 13.0. The third kappa shape index (κ3) is 3.55. The second-order valence-electron chi connectivity index (χ2n) is 6.60. The zero-order valence-electron chi connectivity index (χ0n) is 14.7. The molecule has 8 heteroatoms. The average molecular weight is 395 g/mol. The molecule has 0 aliphatic heterocycles. The molecular weight excluding hydrogens is 372 g/mol. The van der Waals surface area contributed by atoms with Crippen molar-refractivity contribution in [3.05, 3.63) is 59.2 Å². The molecule has 1 atom stereocenters. The lowest BCUT2D eigenvalue weighted by molar-refractivity contribution is 0.398. The minimum absolute atomic E-state index is 0.00224. The minimum atomic E-state index is -3.77. The maximum Gasteiger partial charge on any atom is 0.243 e. The van der Waals surface area contributed by atoms with Crippen molar-refractivity contribution in [1.29, 1.82) is 0 Å². The largest absolute Gasteiger partial charge is 0.243 e. The van der Waals surface area contributed by atoms with E-state index in [9.17, 15) is 16.8 Å². The van der Waals surface area contributed by atoms with Gasteiger partial charge in [-0.1, -0.05) is 18.2 Å². The summed E-state index contributed by atoms with van der Waals surface area (Å²) >= 11 is 0. The smallest absolute Gasteiger partial charge is 0.225 e. The number of hydrogen-bond donors (Lipinski definition) is 1.